The zero-order valence-corrected chi connectivity index (χ0v) is 20.8. The summed E-state index contributed by atoms with van der Waals surface area (Å²) in [5, 5.41) is 5.98. The Hall–Kier alpha value is -2.60. The molecule has 33 heavy (non-hydrogen) atoms. The predicted molar refractivity (Wildman–Crippen MR) is 136 cm³/mol. The number of nitrogens with one attached hydrogen (secondary N) is 1. The summed E-state index contributed by atoms with van der Waals surface area (Å²) in [4.78, 5) is 17.3. The predicted octanol–water partition coefficient (Wildman–Crippen LogP) is 7.36. The summed E-state index contributed by atoms with van der Waals surface area (Å²) in [7, 11) is 0. The van der Waals surface area contributed by atoms with Gasteiger partial charge in [-0.15, -0.1) is 11.3 Å². The lowest BCUT2D eigenvalue weighted by molar-refractivity contribution is 0.200. The number of aryl methyl sites for hydroxylation is 1. The summed E-state index contributed by atoms with van der Waals surface area (Å²) < 4.78 is 8.05. The lowest BCUT2D eigenvalue weighted by Crippen LogP contribution is -2.27. The number of unbranched alkanes of at least 4 members (excludes halogenated alkanes) is 1. The Morgan fingerprint density at radius 3 is 2.67 bits per heavy atom. The van der Waals surface area contributed by atoms with Gasteiger partial charge in [-0.2, -0.15) is 0 Å². The lowest BCUT2D eigenvalue weighted by atomic mass is 9.89. The van der Waals surface area contributed by atoms with Crippen LogP contribution in [0.2, 0.25) is 0 Å². The lowest BCUT2D eigenvalue weighted by Gasteiger charge is -2.24. The first-order valence-corrected chi connectivity index (χ1v) is 13.1. The Labute approximate surface area is 201 Å². The minimum atomic E-state index is -0.383. The second-order valence-corrected chi connectivity index (χ2v) is 10.0. The van der Waals surface area contributed by atoms with E-state index in [4.69, 9.17) is 9.72 Å². The molecule has 1 saturated carbocycles. The molecule has 0 bridgehead atoms. The topological polar surface area (TPSA) is 56.1 Å². The highest BCUT2D eigenvalue weighted by Gasteiger charge is 2.22. The van der Waals surface area contributed by atoms with E-state index in [1.54, 1.807) is 11.3 Å². The van der Waals surface area contributed by atoms with Gasteiger partial charge in [-0.3, -0.25) is 0 Å². The fraction of sp³-hybridized carbons (Fsp3) is 0.481. The van der Waals surface area contributed by atoms with Crippen LogP contribution in [0.5, 0.6) is 5.75 Å². The second-order valence-electron chi connectivity index (χ2n) is 9.17. The molecule has 5 nitrogen and oxygen atoms in total. The first-order chi connectivity index (χ1) is 16.0. The molecule has 1 aliphatic rings. The van der Waals surface area contributed by atoms with E-state index in [0.29, 0.717) is 18.2 Å². The first kappa shape index (κ1) is 23.6. The monoisotopic (exact) mass is 465 g/mol. The molecule has 4 rings (SSSR count). The Bertz CT molecular complexity index is 1060. The normalized spacial score (nSPS) is 14.4. The molecule has 1 N–H and O–H groups in total. The van der Waals surface area contributed by atoms with Gasteiger partial charge in [-0.25, -0.2) is 9.78 Å². The maximum Gasteiger partial charge on any atom is 0.412 e. The van der Waals surface area contributed by atoms with Crippen molar-refractivity contribution in [2.24, 2.45) is 5.92 Å². The summed E-state index contributed by atoms with van der Waals surface area (Å²) in [6, 6.07) is 10.5. The number of rotatable bonds is 8. The molecule has 176 valence electrons. The standard InChI is InChI=1S/C27H35N3O2S/c1-4-5-15-28-27(31)32-25-16-24(30(20(25)3)17-21-9-7-6-8-10-21)23-18-33-26(29-23)22-13-11-19(2)12-14-22/h11-14,16,18,21H,4-10,15,17H2,1-3H3,(H,28,31). The molecule has 3 aromatic rings. The molecule has 0 aliphatic heterocycles. The van der Waals surface area contributed by atoms with Crippen LogP contribution in [0.25, 0.3) is 22.0 Å². The molecule has 1 aliphatic carbocycles. The smallest absolute Gasteiger partial charge is 0.408 e. The minimum absolute atomic E-state index is 0.383. The van der Waals surface area contributed by atoms with Crippen molar-refractivity contribution in [1.29, 1.82) is 0 Å². The number of thiazole rings is 1. The third kappa shape index (κ3) is 5.85. The number of amides is 1. The maximum absolute atomic E-state index is 12.3. The van der Waals surface area contributed by atoms with Crippen LogP contribution >= 0.6 is 11.3 Å². The van der Waals surface area contributed by atoms with Gasteiger partial charge in [-0.1, -0.05) is 62.4 Å². The molecule has 2 heterocycles. The highest BCUT2D eigenvalue weighted by atomic mass is 32.1. The van der Waals surface area contributed by atoms with Crippen molar-refractivity contribution >= 4 is 17.4 Å². The Balaban J connectivity index is 1.62. The Kier molecular flexibility index (Phi) is 7.86. The average molecular weight is 466 g/mol. The van der Waals surface area contributed by atoms with Gasteiger partial charge < -0.3 is 14.6 Å². The van der Waals surface area contributed by atoms with E-state index in [2.05, 4.69) is 53.4 Å². The summed E-state index contributed by atoms with van der Waals surface area (Å²) in [6.07, 6.45) is 8.07. The molecule has 1 aromatic carbocycles. The molecule has 1 fully saturated rings. The van der Waals surface area contributed by atoms with Crippen molar-refractivity contribution in [3.8, 4) is 27.7 Å². The third-order valence-electron chi connectivity index (χ3n) is 6.55. The van der Waals surface area contributed by atoms with Crippen molar-refractivity contribution in [3.63, 3.8) is 0 Å². The SMILES string of the molecule is CCCCNC(=O)Oc1cc(-c2csc(-c3ccc(C)cc3)n2)n(CC2CCCCC2)c1C. The summed E-state index contributed by atoms with van der Waals surface area (Å²) in [5.41, 5.74) is 5.34. The van der Waals surface area contributed by atoms with Crippen LogP contribution in [0, 0.1) is 19.8 Å². The largest absolute Gasteiger partial charge is 0.412 e. The van der Waals surface area contributed by atoms with Gasteiger partial charge in [0.15, 0.2) is 5.75 Å². The Morgan fingerprint density at radius 1 is 1.18 bits per heavy atom. The number of hydrogen-bond acceptors (Lipinski definition) is 4. The number of hydrogen-bond donors (Lipinski definition) is 1. The quantitative estimate of drug-likeness (QED) is 0.353. The van der Waals surface area contributed by atoms with Crippen molar-refractivity contribution < 1.29 is 9.53 Å². The molecule has 0 radical (unpaired) electrons. The van der Waals surface area contributed by atoms with Crippen LogP contribution in [0.3, 0.4) is 0 Å². The van der Waals surface area contributed by atoms with Gasteiger partial charge in [0.25, 0.3) is 0 Å². The van der Waals surface area contributed by atoms with Gasteiger partial charge in [0.2, 0.25) is 0 Å². The van der Waals surface area contributed by atoms with Crippen LogP contribution in [0.15, 0.2) is 35.7 Å². The molecular formula is C27H35N3O2S. The number of ether oxygens (including phenoxy) is 1. The van der Waals surface area contributed by atoms with E-state index in [1.807, 2.05) is 13.0 Å². The fourth-order valence-electron chi connectivity index (χ4n) is 4.52. The van der Waals surface area contributed by atoms with Gasteiger partial charge in [0.05, 0.1) is 17.1 Å². The van der Waals surface area contributed by atoms with Crippen LogP contribution in [0.4, 0.5) is 4.79 Å². The Morgan fingerprint density at radius 2 is 1.94 bits per heavy atom. The third-order valence-corrected chi connectivity index (χ3v) is 7.44. The molecular weight excluding hydrogens is 430 g/mol. The summed E-state index contributed by atoms with van der Waals surface area (Å²) in [5.74, 6) is 1.28. The zero-order valence-electron chi connectivity index (χ0n) is 20.0. The highest BCUT2D eigenvalue weighted by Crippen LogP contribution is 2.36. The fourth-order valence-corrected chi connectivity index (χ4v) is 5.34. The van der Waals surface area contributed by atoms with Crippen molar-refractivity contribution in [2.75, 3.05) is 6.54 Å². The van der Waals surface area contributed by atoms with Crippen LogP contribution in [-0.2, 0) is 6.54 Å². The van der Waals surface area contributed by atoms with Crippen LogP contribution in [-0.4, -0.2) is 22.2 Å². The van der Waals surface area contributed by atoms with Gasteiger partial charge >= 0.3 is 6.09 Å². The van der Waals surface area contributed by atoms with Crippen molar-refractivity contribution in [2.45, 2.75) is 72.3 Å². The number of aromatic nitrogens is 2. The summed E-state index contributed by atoms with van der Waals surface area (Å²) in [6.45, 7) is 7.83. The molecule has 6 heteroatoms. The van der Waals surface area contributed by atoms with E-state index < -0.39 is 0 Å². The molecule has 1 amide bonds. The molecule has 2 aromatic heterocycles. The first-order valence-electron chi connectivity index (χ1n) is 12.2. The zero-order chi connectivity index (χ0) is 23.2. The van der Waals surface area contributed by atoms with Crippen molar-refractivity contribution in [3.05, 3.63) is 47.0 Å². The van der Waals surface area contributed by atoms with E-state index in [1.165, 1.54) is 37.7 Å². The number of benzene rings is 1. The summed E-state index contributed by atoms with van der Waals surface area (Å²) >= 11 is 1.66. The minimum Gasteiger partial charge on any atom is -0.408 e. The van der Waals surface area contributed by atoms with Gasteiger partial charge in [0.1, 0.15) is 5.01 Å². The average Bonchev–Trinajstić information content (AvgIpc) is 3.41. The molecule has 0 spiro atoms. The van der Waals surface area contributed by atoms with Crippen LogP contribution < -0.4 is 10.1 Å². The number of nitrogens with zero attached hydrogens (tertiary/aromatic N) is 2. The van der Waals surface area contributed by atoms with E-state index >= 15 is 0 Å². The molecule has 0 saturated heterocycles. The van der Waals surface area contributed by atoms with Crippen LogP contribution in [0.1, 0.15) is 63.1 Å². The number of carbonyl (C=O) groups excluding carboxylic acids is 1. The second kappa shape index (κ2) is 11.0. The van der Waals surface area contributed by atoms with Crippen molar-refractivity contribution in [1.82, 2.24) is 14.9 Å². The van der Waals surface area contributed by atoms with Gasteiger partial charge in [-0.05, 0) is 39.0 Å². The number of carbonyl (C=O) groups is 1. The highest BCUT2D eigenvalue weighted by molar-refractivity contribution is 7.13. The molecule has 0 atom stereocenters. The van der Waals surface area contributed by atoms with Gasteiger partial charge in [0, 0.05) is 30.1 Å². The van der Waals surface area contributed by atoms with E-state index in [-0.39, 0.29) is 6.09 Å². The van der Waals surface area contributed by atoms with E-state index in [9.17, 15) is 4.79 Å². The molecule has 0 unspecified atom stereocenters. The maximum atomic E-state index is 12.3. The van der Waals surface area contributed by atoms with E-state index in [0.717, 1.165) is 47.0 Å².